The van der Waals surface area contributed by atoms with Crippen LogP contribution in [0.25, 0.3) is 0 Å². The molecular formula is C21H28N2O3. The second-order valence-corrected chi connectivity index (χ2v) is 9.39. The number of likely N-dealkylation sites (tertiary alicyclic amines) is 1. The van der Waals surface area contributed by atoms with E-state index in [0.717, 1.165) is 30.1 Å². The lowest BCUT2D eigenvalue weighted by molar-refractivity contribution is -0.129. The molecule has 4 aliphatic carbocycles. The zero-order valence-electron chi connectivity index (χ0n) is 15.3. The number of rotatable bonds is 5. The van der Waals surface area contributed by atoms with Crippen LogP contribution in [0.15, 0.2) is 22.8 Å². The van der Waals surface area contributed by atoms with Crippen molar-refractivity contribution in [2.75, 3.05) is 13.1 Å². The van der Waals surface area contributed by atoms with E-state index in [9.17, 15) is 9.59 Å². The molecule has 1 atom stereocenters. The van der Waals surface area contributed by atoms with Crippen LogP contribution in [0.2, 0.25) is 0 Å². The Balaban J connectivity index is 1.17. The van der Waals surface area contributed by atoms with Gasteiger partial charge in [-0.3, -0.25) is 9.59 Å². The minimum Gasteiger partial charge on any atom is -0.467 e. The van der Waals surface area contributed by atoms with Gasteiger partial charge in [-0.2, -0.15) is 0 Å². The molecule has 1 unspecified atom stereocenters. The van der Waals surface area contributed by atoms with Gasteiger partial charge in [0.05, 0.1) is 18.7 Å². The van der Waals surface area contributed by atoms with Crippen molar-refractivity contribution in [3.63, 3.8) is 0 Å². The van der Waals surface area contributed by atoms with E-state index >= 15 is 0 Å². The van der Waals surface area contributed by atoms with E-state index in [2.05, 4.69) is 5.32 Å². The van der Waals surface area contributed by atoms with Crippen molar-refractivity contribution in [2.45, 2.75) is 51.5 Å². The molecule has 1 N–H and O–H groups in total. The molecule has 5 nitrogen and oxygen atoms in total. The van der Waals surface area contributed by atoms with Crippen LogP contribution in [-0.4, -0.2) is 29.8 Å². The summed E-state index contributed by atoms with van der Waals surface area (Å²) in [5.74, 6) is 3.37. The molecule has 0 aromatic carbocycles. The monoisotopic (exact) mass is 356 g/mol. The molecule has 5 fully saturated rings. The molecular weight excluding hydrogens is 328 g/mol. The average Bonchev–Trinajstić information content (AvgIpc) is 3.22. The van der Waals surface area contributed by atoms with Gasteiger partial charge in [-0.25, -0.2) is 0 Å². The molecule has 140 valence electrons. The summed E-state index contributed by atoms with van der Waals surface area (Å²) in [7, 11) is 0. The van der Waals surface area contributed by atoms with Crippen molar-refractivity contribution in [1.82, 2.24) is 10.2 Å². The predicted octanol–water partition coefficient (Wildman–Crippen LogP) is 2.96. The first-order valence-electron chi connectivity index (χ1n) is 10.2. The van der Waals surface area contributed by atoms with E-state index in [4.69, 9.17) is 4.42 Å². The molecule has 26 heavy (non-hydrogen) atoms. The van der Waals surface area contributed by atoms with Gasteiger partial charge < -0.3 is 14.6 Å². The van der Waals surface area contributed by atoms with Crippen LogP contribution in [0, 0.1) is 29.1 Å². The summed E-state index contributed by atoms with van der Waals surface area (Å²) in [5, 5.41) is 3.24. The quantitative estimate of drug-likeness (QED) is 0.882. The van der Waals surface area contributed by atoms with Crippen LogP contribution < -0.4 is 5.32 Å². The first-order chi connectivity index (χ1) is 12.6. The molecule has 0 spiro atoms. The summed E-state index contributed by atoms with van der Waals surface area (Å²) in [6.45, 7) is 1.79. The van der Waals surface area contributed by atoms with Crippen molar-refractivity contribution in [3.05, 3.63) is 24.2 Å². The second kappa shape index (κ2) is 6.14. The fourth-order valence-corrected chi connectivity index (χ4v) is 6.62. The Labute approximate surface area is 154 Å². The van der Waals surface area contributed by atoms with Gasteiger partial charge in [0.1, 0.15) is 5.76 Å². The molecule has 4 saturated carbocycles. The van der Waals surface area contributed by atoms with Crippen LogP contribution in [0.4, 0.5) is 0 Å². The molecule has 1 saturated heterocycles. The molecule has 1 aromatic rings. The van der Waals surface area contributed by atoms with Crippen molar-refractivity contribution < 1.29 is 14.0 Å². The van der Waals surface area contributed by atoms with Gasteiger partial charge in [0.15, 0.2) is 0 Å². The molecule has 5 heteroatoms. The third-order valence-electron chi connectivity index (χ3n) is 7.31. The molecule has 5 aliphatic rings. The summed E-state index contributed by atoms with van der Waals surface area (Å²) in [5.41, 5.74) is 0.348. The lowest BCUT2D eigenvalue weighted by Crippen LogP contribution is -2.51. The van der Waals surface area contributed by atoms with Crippen molar-refractivity contribution >= 4 is 11.8 Å². The van der Waals surface area contributed by atoms with E-state index in [1.807, 2.05) is 12.1 Å². The molecule has 0 radical (unpaired) electrons. The van der Waals surface area contributed by atoms with Crippen molar-refractivity contribution in [1.29, 1.82) is 0 Å². The first kappa shape index (κ1) is 16.4. The van der Waals surface area contributed by atoms with Gasteiger partial charge in [-0.15, -0.1) is 0 Å². The maximum absolute atomic E-state index is 12.7. The van der Waals surface area contributed by atoms with Crippen molar-refractivity contribution in [2.24, 2.45) is 29.1 Å². The van der Waals surface area contributed by atoms with Crippen LogP contribution in [0.1, 0.15) is 50.7 Å². The van der Waals surface area contributed by atoms with Gasteiger partial charge in [-0.1, -0.05) is 0 Å². The Hall–Kier alpha value is -1.78. The summed E-state index contributed by atoms with van der Waals surface area (Å²) in [4.78, 5) is 26.7. The maximum Gasteiger partial charge on any atom is 0.225 e. The number of hydrogen-bond donors (Lipinski definition) is 1. The summed E-state index contributed by atoms with van der Waals surface area (Å²) in [6, 6.07) is 3.69. The Bertz CT molecular complexity index is 661. The zero-order valence-corrected chi connectivity index (χ0v) is 15.3. The van der Waals surface area contributed by atoms with E-state index in [0.29, 0.717) is 24.9 Å². The third kappa shape index (κ3) is 2.95. The lowest BCUT2D eigenvalue weighted by Gasteiger charge is -2.57. The van der Waals surface area contributed by atoms with Gasteiger partial charge in [-0.05, 0) is 73.8 Å². The number of hydrogen-bond acceptors (Lipinski definition) is 3. The Morgan fingerprint density at radius 1 is 1.19 bits per heavy atom. The largest absolute Gasteiger partial charge is 0.467 e. The van der Waals surface area contributed by atoms with E-state index < -0.39 is 0 Å². The minimum atomic E-state index is -0.216. The van der Waals surface area contributed by atoms with E-state index in [-0.39, 0.29) is 17.7 Å². The highest BCUT2D eigenvalue weighted by Gasteiger charge is 2.51. The number of carbonyl (C=O) groups excluding carboxylic acids is 2. The Morgan fingerprint density at radius 3 is 2.50 bits per heavy atom. The minimum absolute atomic E-state index is 0.0522. The summed E-state index contributed by atoms with van der Waals surface area (Å²) in [6.07, 6.45) is 10.1. The highest BCUT2D eigenvalue weighted by Crippen LogP contribution is 2.59. The van der Waals surface area contributed by atoms with Gasteiger partial charge in [0.25, 0.3) is 0 Å². The normalized spacial score (nSPS) is 38.2. The van der Waals surface area contributed by atoms with Crippen LogP contribution in [0.5, 0.6) is 0 Å². The smallest absolute Gasteiger partial charge is 0.225 e. The van der Waals surface area contributed by atoms with Gasteiger partial charge in [0, 0.05) is 19.5 Å². The lowest BCUT2D eigenvalue weighted by atomic mass is 9.49. The number of nitrogens with zero attached hydrogens (tertiary/aromatic N) is 1. The van der Waals surface area contributed by atoms with E-state index in [1.165, 1.54) is 38.5 Å². The topological polar surface area (TPSA) is 62.6 Å². The number of amides is 2. The fraction of sp³-hybridized carbons (Fsp3) is 0.714. The molecule has 2 amide bonds. The van der Waals surface area contributed by atoms with E-state index in [1.54, 1.807) is 11.2 Å². The molecule has 6 rings (SSSR count). The van der Waals surface area contributed by atoms with Crippen LogP contribution in [0.3, 0.4) is 0 Å². The molecule has 2 heterocycles. The Kier molecular flexibility index (Phi) is 3.87. The number of furan rings is 1. The predicted molar refractivity (Wildman–Crippen MR) is 95.8 cm³/mol. The molecule has 1 aliphatic heterocycles. The highest BCUT2D eigenvalue weighted by atomic mass is 16.3. The molecule has 1 aromatic heterocycles. The fourth-order valence-electron chi connectivity index (χ4n) is 6.62. The second-order valence-electron chi connectivity index (χ2n) is 9.39. The SMILES string of the molecule is O=C(NCC12CC3CC(CC(C3)C1)C2)C1CC(=O)N(Cc2ccco2)C1. The number of nitrogens with one attached hydrogen (secondary N) is 1. The van der Waals surface area contributed by atoms with Crippen LogP contribution >= 0.6 is 0 Å². The maximum atomic E-state index is 12.7. The molecule has 4 bridgehead atoms. The third-order valence-corrected chi connectivity index (χ3v) is 7.31. The number of carbonyl (C=O) groups is 2. The highest BCUT2D eigenvalue weighted by molar-refractivity contribution is 5.89. The average molecular weight is 356 g/mol. The van der Waals surface area contributed by atoms with Crippen LogP contribution in [-0.2, 0) is 16.1 Å². The van der Waals surface area contributed by atoms with Gasteiger partial charge in [0.2, 0.25) is 11.8 Å². The summed E-state index contributed by atoms with van der Waals surface area (Å²) >= 11 is 0. The zero-order chi connectivity index (χ0) is 17.7. The first-order valence-corrected chi connectivity index (χ1v) is 10.2. The van der Waals surface area contributed by atoms with Crippen molar-refractivity contribution in [3.8, 4) is 0 Å². The summed E-state index contributed by atoms with van der Waals surface area (Å²) < 4.78 is 5.33. The standard InChI is InChI=1S/C21H28N2O3/c24-19-7-17(11-23(19)12-18-2-1-3-26-18)20(25)22-13-21-8-14-4-15(9-21)6-16(5-14)10-21/h1-3,14-17H,4-13H2,(H,22,25). The Morgan fingerprint density at radius 2 is 1.88 bits per heavy atom. The van der Waals surface area contributed by atoms with Gasteiger partial charge >= 0.3 is 0 Å².